The first-order chi connectivity index (χ1) is 6.24. The topological polar surface area (TPSA) is 9.23 Å². The third-order valence-electron chi connectivity index (χ3n) is 2.86. The number of hydrogen-bond donors (Lipinski definition) is 0. The van der Waals surface area contributed by atoms with Crippen LogP contribution in [-0.2, 0) is 4.74 Å². The molecular formula is C12H26O. The van der Waals surface area contributed by atoms with Gasteiger partial charge in [-0.15, -0.1) is 0 Å². The van der Waals surface area contributed by atoms with E-state index < -0.39 is 0 Å². The lowest BCUT2D eigenvalue weighted by molar-refractivity contribution is 0.138. The fourth-order valence-corrected chi connectivity index (χ4v) is 1.68. The van der Waals surface area contributed by atoms with Crippen LogP contribution in [0, 0.1) is 11.8 Å². The van der Waals surface area contributed by atoms with E-state index in [0.717, 1.165) is 18.4 Å². The first-order valence-corrected chi connectivity index (χ1v) is 5.73. The summed E-state index contributed by atoms with van der Waals surface area (Å²) in [5.74, 6) is 1.68. The Morgan fingerprint density at radius 1 is 1.08 bits per heavy atom. The minimum atomic E-state index is 0.795. The summed E-state index contributed by atoms with van der Waals surface area (Å²) >= 11 is 0. The molecule has 80 valence electrons. The zero-order valence-electron chi connectivity index (χ0n) is 9.81. The van der Waals surface area contributed by atoms with Crippen molar-refractivity contribution in [3.05, 3.63) is 0 Å². The Morgan fingerprint density at radius 2 is 1.77 bits per heavy atom. The molecule has 0 amide bonds. The molecule has 0 N–H and O–H groups in total. The van der Waals surface area contributed by atoms with E-state index in [9.17, 15) is 0 Å². The van der Waals surface area contributed by atoms with E-state index >= 15 is 0 Å². The molecule has 0 aromatic carbocycles. The van der Waals surface area contributed by atoms with Crippen molar-refractivity contribution in [2.75, 3.05) is 13.7 Å². The molecule has 0 heterocycles. The first-order valence-electron chi connectivity index (χ1n) is 5.73. The molecule has 0 aromatic heterocycles. The predicted octanol–water partition coefficient (Wildman–Crippen LogP) is 3.88. The van der Waals surface area contributed by atoms with Crippen LogP contribution < -0.4 is 0 Å². The van der Waals surface area contributed by atoms with Crippen LogP contribution in [0.3, 0.4) is 0 Å². The molecule has 1 heteroatoms. The van der Waals surface area contributed by atoms with Gasteiger partial charge >= 0.3 is 0 Å². The Bertz CT molecular complexity index is 95.3. The Kier molecular flexibility index (Phi) is 8.53. The third kappa shape index (κ3) is 7.06. The summed E-state index contributed by atoms with van der Waals surface area (Å²) in [7, 11) is 1.81. The molecule has 0 rings (SSSR count). The van der Waals surface area contributed by atoms with Crippen LogP contribution in [0.15, 0.2) is 0 Å². The standard InChI is InChI=1S/C12H26O/c1-5-7-12(10-13-4)9-8-11(3)6-2/h11-12H,5-10H2,1-4H3. The zero-order chi connectivity index (χ0) is 10.1. The summed E-state index contributed by atoms with van der Waals surface area (Å²) < 4.78 is 5.22. The predicted molar refractivity (Wildman–Crippen MR) is 59.0 cm³/mol. The van der Waals surface area contributed by atoms with E-state index in [1.807, 2.05) is 7.11 Å². The Labute approximate surface area is 83.9 Å². The van der Waals surface area contributed by atoms with Crippen molar-refractivity contribution in [2.24, 2.45) is 11.8 Å². The van der Waals surface area contributed by atoms with E-state index in [0.29, 0.717) is 0 Å². The average molecular weight is 186 g/mol. The first kappa shape index (κ1) is 13.0. The van der Waals surface area contributed by atoms with Crippen molar-refractivity contribution in [1.29, 1.82) is 0 Å². The van der Waals surface area contributed by atoms with Gasteiger partial charge in [0.05, 0.1) is 0 Å². The molecule has 0 saturated heterocycles. The molecule has 0 aromatic rings. The minimum absolute atomic E-state index is 0.795. The third-order valence-corrected chi connectivity index (χ3v) is 2.86. The maximum Gasteiger partial charge on any atom is 0.0490 e. The second kappa shape index (κ2) is 8.55. The molecule has 0 radical (unpaired) electrons. The molecule has 0 fully saturated rings. The highest BCUT2D eigenvalue weighted by Gasteiger charge is 2.08. The molecule has 2 atom stereocenters. The molecule has 2 unspecified atom stereocenters. The lowest BCUT2D eigenvalue weighted by atomic mass is 9.93. The fourth-order valence-electron chi connectivity index (χ4n) is 1.68. The van der Waals surface area contributed by atoms with Gasteiger partial charge in [0.15, 0.2) is 0 Å². The van der Waals surface area contributed by atoms with E-state index in [2.05, 4.69) is 20.8 Å². The molecule has 0 saturated carbocycles. The van der Waals surface area contributed by atoms with Crippen molar-refractivity contribution < 1.29 is 4.74 Å². The largest absolute Gasteiger partial charge is 0.384 e. The maximum absolute atomic E-state index is 5.22. The number of hydrogen-bond acceptors (Lipinski definition) is 1. The van der Waals surface area contributed by atoms with Gasteiger partial charge in [0.1, 0.15) is 0 Å². The van der Waals surface area contributed by atoms with Crippen molar-refractivity contribution >= 4 is 0 Å². The number of ether oxygens (including phenoxy) is 1. The quantitative estimate of drug-likeness (QED) is 0.559. The fraction of sp³-hybridized carbons (Fsp3) is 1.00. The SMILES string of the molecule is CCCC(CCC(C)CC)COC. The van der Waals surface area contributed by atoms with Gasteiger partial charge in [-0.05, 0) is 24.7 Å². The van der Waals surface area contributed by atoms with Gasteiger partial charge in [0, 0.05) is 13.7 Å². The molecule has 0 bridgehead atoms. The zero-order valence-corrected chi connectivity index (χ0v) is 9.81. The summed E-state index contributed by atoms with van der Waals surface area (Å²) in [6.45, 7) is 7.82. The Morgan fingerprint density at radius 3 is 2.23 bits per heavy atom. The number of methoxy groups -OCH3 is 1. The highest BCUT2D eigenvalue weighted by molar-refractivity contribution is 4.60. The average Bonchev–Trinajstić information content (AvgIpc) is 2.14. The van der Waals surface area contributed by atoms with Gasteiger partial charge in [-0.2, -0.15) is 0 Å². The second-order valence-corrected chi connectivity index (χ2v) is 4.20. The van der Waals surface area contributed by atoms with E-state index in [4.69, 9.17) is 4.74 Å². The number of rotatable bonds is 8. The molecule has 13 heavy (non-hydrogen) atoms. The van der Waals surface area contributed by atoms with Crippen LogP contribution in [0.1, 0.15) is 52.9 Å². The van der Waals surface area contributed by atoms with Gasteiger partial charge in [-0.25, -0.2) is 0 Å². The van der Waals surface area contributed by atoms with Crippen molar-refractivity contribution in [2.45, 2.75) is 52.9 Å². The van der Waals surface area contributed by atoms with Gasteiger partial charge in [-0.3, -0.25) is 0 Å². The van der Waals surface area contributed by atoms with E-state index in [1.165, 1.54) is 32.1 Å². The molecule has 0 aliphatic rings. The monoisotopic (exact) mass is 186 g/mol. The Balaban J connectivity index is 3.55. The lowest BCUT2D eigenvalue weighted by Gasteiger charge is -2.17. The van der Waals surface area contributed by atoms with Gasteiger partial charge in [-0.1, -0.05) is 40.0 Å². The molecular weight excluding hydrogens is 160 g/mol. The summed E-state index contributed by atoms with van der Waals surface area (Å²) in [5.41, 5.74) is 0. The second-order valence-electron chi connectivity index (χ2n) is 4.20. The van der Waals surface area contributed by atoms with Crippen LogP contribution in [0.25, 0.3) is 0 Å². The van der Waals surface area contributed by atoms with Crippen LogP contribution in [0.5, 0.6) is 0 Å². The summed E-state index contributed by atoms with van der Waals surface area (Å²) in [6, 6.07) is 0. The van der Waals surface area contributed by atoms with Crippen LogP contribution >= 0.6 is 0 Å². The van der Waals surface area contributed by atoms with E-state index in [-0.39, 0.29) is 0 Å². The Hall–Kier alpha value is -0.0400. The van der Waals surface area contributed by atoms with Crippen LogP contribution in [0.4, 0.5) is 0 Å². The summed E-state index contributed by atoms with van der Waals surface area (Å²) in [6.07, 6.45) is 6.63. The van der Waals surface area contributed by atoms with Gasteiger partial charge in [0.2, 0.25) is 0 Å². The molecule has 0 spiro atoms. The summed E-state index contributed by atoms with van der Waals surface area (Å²) in [4.78, 5) is 0. The highest BCUT2D eigenvalue weighted by atomic mass is 16.5. The van der Waals surface area contributed by atoms with Crippen LogP contribution in [-0.4, -0.2) is 13.7 Å². The smallest absolute Gasteiger partial charge is 0.0490 e. The molecule has 1 nitrogen and oxygen atoms in total. The summed E-state index contributed by atoms with van der Waals surface area (Å²) in [5, 5.41) is 0. The van der Waals surface area contributed by atoms with Crippen LogP contribution in [0.2, 0.25) is 0 Å². The van der Waals surface area contributed by atoms with Crippen molar-refractivity contribution in [1.82, 2.24) is 0 Å². The van der Waals surface area contributed by atoms with Gasteiger partial charge < -0.3 is 4.74 Å². The van der Waals surface area contributed by atoms with Gasteiger partial charge in [0.25, 0.3) is 0 Å². The van der Waals surface area contributed by atoms with E-state index in [1.54, 1.807) is 0 Å². The lowest BCUT2D eigenvalue weighted by Crippen LogP contribution is -2.09. The van der Waals surface area contributed by atoms with Crippen molar-refractivity contribution in [3.8, 4) is 0 Å². The molecule has 0 aliphatic carbocycles. The highest BCUT2D eigenvalue weighted by Crippen LogP contribution is 2.18. The normalized spacial score (nSPS) is 15.7. The minimum Gasteiger partial charge on any atom is -0.384 e. The maximum atomic E-state index is 5.22. The molecule has 0 aliphatic heterocycles. The van der Waals surface area contributed by atoms with Crippen molar-refractivity contribution in [3.63, 3.8) is 0 Å².